The van der Waals surface area contributed by atoms with Gasteiger partial charge >= 0.3 is 0 Å². The molecule has 1 aromatic carbocycles. The lowest BCUT2D eigenvalue weighted by Crippen LogP contribution is -1.66. The first kappa shape index (κ1) is 11.1. The predicted molar refractivity (Wildman–Crippen MR) is 64.1 cm³/mol. The number of hydrogen-bond donors (Lipinski definition) is 0. The molecule has 76 valence electrons. The molecule has 0 heterocycles. The third kappa shape index (κ3) is 4.72. The van der Waals surface area contributed by atoms with E-state index in [4.69, 9.17) is 0 Å². The molecule has 0 amide bonds. The lowest BCUT2D eigenvalue weighted by atomic mass is 10.3. The number of allylic oxidation sites excluding steroid dienone is 4. The van der Waals surface area contributed by atoms with E-state index in [1.54, 1.807) is 0 Å². The summed E-state index contributed by atoms with van der Waals surface area (Å²) in [7, 11) is 0. The van der Waals surface area contributed by atoms with E-state index in [9.17, 15) is 0 Å². The standard InChI is InChI=1S/C13H14N2/c1-3-4-6-9-12(2)14-15-13-10-7-5-8-11-13/h3-11H,2H2,1H3/b4-3-,9-6-,15-14+. The molecule has 0 bridgehead atoms. The van der Waals surface area contributed by atoms with Gasteiger partial charge in [-0.15, -0.1) is 0 Å². The molecule has 0 saturated heterocycles. The molecular weight excluding hydrogens is 184 g/mol. The Morgan fingerprint density at radius 2 is 1.93 bits per heavy atom. The molecule has 15 heavy (non-hydrogen) atoms. The van der Waals surface area contributed by atoms with Crippen LogP contribution in [0.15, 0.2) is 77.1 Å². The summed E-state index contributed by atoms with van der Waals surface area (Å²) in [4.78, 5) is 0. The van der Waals surface area contributed by atoms with Gasteiger partial charge in [0, 0.05) is 0 Å². The zero-order chi connectivity index (χ0) is 10.9. The van der Waals surface area contributed by atoms with E-state index in [1.165, 1.54) is 0 Å². The molecule has 2 nitrogen and oxygen atoms in total. The van der Waals surface area contributed by atoms with E-state index in [0.717, 1.165) is 5.69 Å². The Morgan fingerprint density at radius 1 is 1.20 bits per heavy atom. The summed E-state index contributed by atoms with van der Waals surface area (Å²) in [6.45, 7) is 5.72. The fourth-order valence-corrected chi connectivity index (χ4v) is 0.928. The number of nitrogens with zero attached hydrogens (tertiary/aromatic N) is 2. The summed E-state index contributed by atoms with van der Waals surface area (Å²) in [5, 5.41) is 8.01. The molecule has 1 aromatic rings. The number of hydrogen-bond acceptors (Lipinski definition) is 2. The Hall–Kier alpha value is -1.96. The third-order valence-corrected chi connectivity index (χ3v) is 1.64. The van der Waals surface area contributed by atoms with Gasteiger partial charge in [0.2, 0.25) is 0 Å². The average Bonchev–Trinajstić information content (AvgIpc) is 2.28. The fourth-order valence-electron chi connectivity index (χ4n) is 0.928. The van der Waals surface area contributed by atoms with E-state index in [1.807, 2.05) is 61.6 Å². The second-order valence-corrected chi connectivity index (χ2v) is 2.91. The van der Waals surface area contributed by atoms with Crippen molar-refractivity contribution in [3.8, 4) is 0 Å². The predicted octanol–water partition coefficient (Wildman–Crippen LogP) is 4.42. The smallest absolute Gasteiger partial charge is 0.0857 e. The molecule has 0 unspecified atom stereocenters. The van der Waals surface area contributed by atoms with Crippen LogP contribution in [0.2, 0.25) is 0 Å². The monoisotopic (exact) mass is 198 g/mol. The third-order valence-electron chi connectivity index (χ3n) is 1.64. The number of benzene rings is 1. The molecule has 2 heteroatoms. The van der Waals surface area contributed by atoms with Gasteiger partial charge < -0.3 is 0 Å². The zero-order valence-electron chi connectivity index (χ0n) is 8.80. The maximum Gasteiger partial charge on any atom is 0.0857 e. The maximum absolute atomic E-state index is 4.04. The van der Waals surface area contributed by atoms with Crippen molar-refractivity contribution in [1.82, 2.24) is 0 Å². The quantitative estimate of drug-likeness (QED) is 0.505. The number of rotatable bonds is 4. The van der Waals surface area contributed by atoms with Crippen LogP contribution >= 0.6 is 0 Å². The molecule has 0 radical (unpaired) electrons. The molecule has 0 atom stereocenters. The van der Waals surface area contributed by atoms with Gasteiger partial charge in [0.15, 0.2) is 0 Å². The van der Waals surface area contributed by atoms with Crippen LogP contribution < -0.4 is 0 Å². The SMILES string of the molecule is C=C(/C=C\C=C/C)/N=N/c1ccccc1. The normalized spacial score (nSPS) is 11.8. The van der Waals surface area contributed by atoms with Gasteiger partial charge in [-0.1, -0.05) is 43.0 Å². The summed E-state index contributed by atoms with van der Waals surface area (Å²) in [5.74, 6) is 0. The first-order chi connectivity index (χ1) is 7.33. The van der Waals surface area contributed by atoms with Crippen molar-refractivity contribution >= 4 is 5.69 Å². The average molecular weight is 198 g/mol. The summed E-state index contributed by atoms with van der Waals surface area (Å²) < 4.78 is 0. The van der Waals surface area contributed by atoms with Crippen molar-refractivity contribution in [2.45, 2.75) is 6.92 Å². The molecule has 0 spiro atoms. The van der Waals surface area contributed by atoms with Gasteiger partial charge in [-0.05, 0) is 25.1 Å². The molecule has 0 aliphatic carbocycles. The van der Waals surface area contributed by atoms with Crippen molar-refractivity contribution < 1.29 is 0 Å². The van der Waals surface area contributed by atoms with Crippen molar-refractivity contribution in [2.75, 3.05) is 0 Å². The van der Waals surface area contributed by atoms with Gasteiger partial charge in [0.25, 0.3) is 0 Å². The summed E-state index contributed by atoms with van der Waals surface area (Å²) in [6, 6.07) is 9.58. The van der Waals surface area contributed by atoms with Crippen LogP contribution in [-0.2, 0) is 0 Å². The minimum Gasteiger partial charge on any atom is -0.151 e. The highest BCUT2D eigenvalue weighted by Gasteiger charge is 1.85. The Bertz CT molecular complexity index is 386. The Labute approximate surface area is 90.4 Å². The maximum atomic E-state index is 4.04. The minimum absolute atomic E-state index is 0.636. The molecule has 0 N–H and O–H groups in total. The van der Waals surface area contributed by atoms with E-state index >= 15 is 0 Å². The van der Waals surface area contributed by atoms with Crippen molar-refractivity contribution in [1.29, 1.82) is 0 Å². The molecule has 0 aromatic heterocycles. The Kier molecular flexibility index (Phi) is 4.81. The lowest BCUT2D eigenvalue weighted by molar-refractivity contribution is 1.18. The summed E-state index contributed by atoms with van der Waals surface area (Å²) in [5.41, 5.74) is 1.47. The Balaban J connectivity index is 2.55. The van der Waals surface area contributed by atoms with Crippen LogP contribution in [0.3, 0.4) is 0 Å². The van der Waals surface area contributed by atoms with Gasteiger partial charge in [0.1, 0.15) is 0 Å². The molecule has 0 fully saturated rings. The second kappa shape index (κ2) is 6.49. The first-order valence-corrected chi connectivity index (χ1v) is 4.78. The molecule has 0 saturated carbocycles. The summed E-state index contributed by atoms with van der Waals surface area (Å²) >= 11 is 0. The fraction of sp³-hybridized carbons (Fsp3) is 0.0769. The number of azo groups is 1. The summed E-state index contributed by atoms with van der Waals surface area (Å²) in [6.07, 6.45) is 7.56. The van der Waals surface area contributed by atoms with E-state index in [-0.39, 0.29) is 0 Å². The zero-order valence-corrected chi connectivity index (χ0v) is 8.80. The van der Waals surface area contributed by atoms with Crippen LogP contribution in [0.4, 0.5) is 5.69 Å². The van der Waals surface area contributed by atoms with Gasteiger partial charge in [0.05, 0.1) is 11.4 Å². The lowest BCUT2D eigenvalue weighted by Gasteiger charge is -1.90. The van der Waals surface area contributed by atoms with Crippen LogP contribution in [0.5, 0.6) is 0 Å². The van der Waals surface area contributed by atoms with Crippen molar-refractivity contribution in [2.24, 2.45) is 10.2 Å². The first-order valence-electron chi connectivity index (χ1n) is 4.78. The van der Waals surface area contributed by atoms with Crippen LogP contribution in [0.1, 0.15) is 6.92 Å². The molecule has 0 aliphatic rings. The van der Waals surface area contributed by atoms with Gasteiger partial charge in [-0.2, -0.15) is 10.2 Å². The van der Waals surface area contributed by atoms with Crippen LogP contribution in [-0.4, -0.2) is 0 Å². The molecule has 0 aliphatic heterocycles. The van der Waals surface area contributed by atoms with Gasteiger partial charge in [-0.25, -0.2) is 0 Å². The topological polar surface area (TPSA) is 24.7 Å². The largest absolute Gasteiger partial charge is 0.151 e. The van der Waals surface area contributed by atoms with E-state index in [2.05, 4.69) is 16.8 Å². The van der Waals surface area contributed by atoms with E-state index < -0.39 is 0 Å². The van der Waals surface area contributed by atoms with Crippen molar-refractivity contribution in [3.63, 3.8) is 0 Å². The van der Waals surface area contributed by atoms with Crippen LogP contribution in [0, 0.1) is 0 Å². The molecule has 1 rings (SSSR count). The highest BCUT2D eigenvalue weighted by Crippen LogP contribution is 2.11. The van der Waals surface area contributed by atoms with Crippen molar-refractivity contribution in [3.05, 3.63) is 66.9 Å². The second-order valence-electron chi connectivity index (χ2n) is 2.91. The van der Waals surface area contributed by atoms with Crippen LogP contribution in [0.25, 0.3) is 0 Å². The van der Waals surface area contributed by atoms with E-state index in [0.29, 0.717) is 5.70 Å². The highest BCUT2D eigenvalue weighted by molar-refractivity contribution is 5.35. The molecular formula is C13H14N2. The Morgan fingerprint density at radius 3 is 2.60 bits per heavy atom. The minimum atomic E-state index is 0.636. The van der Waals surface area contributed by atoms with Gasteiger partial charge in [-0.3, -0.25) is 0 Å². The highest BCUT2D eigenvalue weighted by atomic mass is 15.1.